The van der Waals surface area contributed by atoms with E-state index in [9.17, 15) is 0 Å². The quantitative estimate of drug-likeness (QED) is 0.625. The third-order valence-electron chi connectivity index (χ3n) is 4.37. The molecule has 1 fully saturated rings. The zero-order valence-corrected chi connectivity index (χ0v) is 16.8. The minimum Gasteiger partial charge on any atom is -0.255 e. The van der Waals surface area contributed by atoms with Gasteiger partial charge in [0.15, 0.2) is 0 Å². The summed E-state index contributed by atoms with van der Waals surface area (Å²) in [5.74, 6) is 0.684. The second-order valence-electron chi connectivity index (χ2n) is 7.75. The van der Waals surface area contributed by atoms with Gasteiger partial charge in [-0.2, -0.15) is 0 Å². The molecule has 0 saturated heterocycles. The molecule has 1 aliphatic carbocycles. The Balaban J connectivity index is 1.87. The molecule has 2 nitrogen and oxygen atoms in total. The van der Waals surface area contributed by atoms with Crippen molar-refractivity contribution in [2.45, 2.75) is 76.2 Å². The molecule has 1 aromatic carbocycles. The Bertz CT molecular complexity index is 679. The summed E-state index contributed by atoms with van der Waals surface area (Å²) in [6.45, 7) is 8.75. The number of aromatic nitrogens is 1. The van der Waals surface area contributed by atoms with E-state index in [0.29, 0.717) is 5.92 Å². The van der Waals surface area contributed by atoms with E-state index in [1.165, 1.54) is 58.1 Å². The fraction of sp³-hybridized carbons (Fsp3) is 0.550. The molecule has 1 saturated carbocycles. The molecule has 0 unspecified atom stereocenters. The minimum absolute atomic E-state index is 0.0911. The van der Waals surface area contributed by atoms with Crippen LogP contribution < -0.4 is 4.72 Å². The molecule has 1 heterocycles. The minimum atomic E-state index is 0.0911. The van der Waals surface area contributed by atoms with Gasteiger partial charge in [-0.3, -0.25) is 4.72 Å². The van der Waals surface area contributed by atoms with Gasteiger partial charge in [-0.1, -0.05) is 37.5 Å². The van der Waals surface area contributed by atoms with E-state index in [2.05, 4.69) is 56.7 Å². The molecular formula is C20H28N2S2. The number of aryl methyl sites for hydroxylation is 1. The highest BCUT2D eigenvalue weighted by Crippen LogP contribution is 2.41. The van der Waals surface area contributed by atoms with Gasteiger partial charge in [0.2, 0.25) is 0 Å². The Morgan fingerprint density at radius 2 is 1.83 bits per heavy atom. The highest BCUT2D eigenvalue weighted by molar-refractivity contribution is 7.97. The molecule has 2 aromatic rings. The van der Waals surface area contributed by atoms with E-state index >= 15 is 0 Å². The van der Waals surface area contributed by atoms with Gasteiger partial charge in [0.25, 0.3) is 0 Å². The fourth-order valence-electron chi connectivity index (χ4n) is 3.14. The number of hydrogen-bond acceptors (Lipinski definition) is 4. The van der Waals surface area contributed by atoms with Crippen molar-refractivity contribution in [1.82, 2.24) is 9.71 Å². The van der Waals surface area contributed by atoms with Crippen molar-refractivity contribution in [2.24, 2.45) is 0 Å². The number of rotatable bonds is 4. The zero-order chi connectivity index (χ0) is 17.2. The normalized spacial score (nSPS) is 16.5. The molecule has 1 aliphatic rings. The van der Waals surface area contributed by atoms with E-state index in [-0.39, 0.29) is 5.54 Å². The van der Waals surface area contributed by atoms with Gasteiger partial charge in [0.1, 0.15) is 0 Å². The summed E-state index contributed by atoms with van der Waals surface area (Å²) in [7, 11) is 0. The first kappa shape index (κ1) is 18.0. The average Bonchev–Trinajstić information content (AvgIpc) is 2.95. The molecule has 130 valence electrons. The largest absolute Gasteiger partial charge is 0.255 e. The lowest BCUT2D eigenvalue weighted by Gasteiger charge is -2.20. The van der Waals surface area contributed by atoms with Crippen LogP contribution in [0.4, 0.5) is 0 Å². The van der Waals surface area contributed by atoms with Gasteiger partial charge in [-0.15, -0.1) is 11.3 Å². The Morgan fingerprint density at radius 3 is 2.54 bits per heavy atom. The molecular weight excluding hydrogens is 332 g/mol. The van der Waals surface area contributed by atoms with Crippen LogP contribution in [0.2, 0.25) is 0 Å². The molecule has 24 heavy (non-hydrogen) atoms. The summed E-state index contributed by atoms with van der Waals surface area (Å²) >= 11 is 3.65. The van der Waals surface area contributed by atoms with E-state index in [1.54, 1.807) is 11.9 Å². The first-order chi connectivity index (χ1) is 11.4. The van der Waals surface area contributed by atoms with Crippen molar-refractivity contribution in [1.29, 1.82) is 0 Å². The van der Waals surface area contributed by atoms with Gasteiger partial charge in [0, 0.05) is 21.9 Å². The molecule has 0 bridgehead atoms. The summed E-state index contributed by atoms with van der Waals surface area (Å²) in [4.78, 5) is 7.58. The van der Waals surface area contributed by atoms with Crippen molar-refractivity contribution in [3.63, 3.8) is 0 Å². The molecule has 0 radical (unpaired) electrons. The van der Waals surface area contributed by atoms with Gasteiger partial charge in [-0.25, -0.2) is 4.98 Å². The average molecular weight is 361 g/mol. The van der Waals surface area contributed by atoms with Crippen LogP contribution in [-0.2, 0) is 0 Å². The molecule has 4 heteroatoms. The molecule has 0 atom stereocenters. The first-order valence-corrected chi connectivity index (χ1v) is 10.6. The zero-order valence-electron chi connectivity index (χ0n) is 15.2. The van der Waals surface area contributed by atoms with Crippen LogP contribution in [0.15, 0.2) is 29.2 Å². The molecule has 0 amide bonds. The van der Waals surface area contributed by atoms with Gasteiger partial charge in [-0.05, 0) is 58.6 Å². The van der Waals surface area contributed by atoms with Crippen LogP contribution >= 0.6 is 23.3 Å². The molecule has 1 aromatic heterocycles. The lowest BCUT2D eigenvalue weighted by Crippen LogP contribution is -2.29. The smallest absolute Gasteiger partial charge is 0.0965 e. The van der Waals surface area contributed by atoms with Crippen LogP contribution in [0.5, 0.6) is 0 Å². The van der Waals surface area contributed by atoms with E-state index in [4.69, 9.17) is 4.98 Å². The highest BCUT2D eigenvalue weighted by atomic mass is 32.2. The molecule has 3 rings (SSSR count). The molecule has 0 spiro atoms. The van der Waals surface area contributed by atoms with Crippen LogP contribution in [0, 0.1) is 6.92 Å². The van der Waals surface area contributed by atoms with Crippen molar-refractivity contribution in [2.75, 3.05) is 0 Å². The summed E-state index contributed by atoms with van der Waals surface area (Å²) in [6.07, 6.45) is 6.75. The lowest BCUT2D eigenvalue weighted by molar-refractivity contribution is 0.442. The van der Waals surface area contributed by atoms with Crippen molar-refractivity contribution in [3.05, 3.63) is 35.0 Å². The van der Waals surface area contributed by atoms with Crippen LogP contribution in [0.3, 0.4) is 0 Å². The maximum absolute atomic E-state index is 4.95. The van der Waals surface area contributed by atoms with Crippen molar-refractivity contribution in [3.8, 4) is 10.4 Å². The van der Waals surface area contributed by atoms with Gasteiger partial charge < -0.3 is 0 Å². The second-order valence-corrected chi connectivity index (χ2v) is 9.63. The Morgan fingerprint density at radius 1 is 1.12 bits per heavy atom. The summed E-state index contributed by atoms with van der Waals surface area (Å²) < 4.78 is 3.54. The number of benzene rings is 1. The van der Waals surface area contributed by atoms with Crippen molar-refractivity contribution >= 4 is 23.3 Å². The Kier molecular flexibility index (Phi) is 5.68. The standard InChI is InChI=1S/C20H28N2S2/c1-14-18(23-19(21-14)15-10-6-5-7-11-15)16-12-8-9-13-17(16)24-22-20(2,3)4/h8-9,12-13,15,22H,5-7,10-11H2,1-4H3. The fourth-order valence-corrected chi connectivity index (χ4v) is 5.33. The van der Waals surface area contributed by atoms with Crippen LogP contribution in [-0.4, -0.2) is 10.5 Å². The Hall–Kier alpha value is -0.840. The topological polar surface area (TPSA) is 24.9 Å². The second kappa shape index (κ2) is 7.59. The van der Waals surface area contributed by atoms with Crippen LogP contribution in [0.1, 0.15) is 69.5 Å². The molecule has 1 N–H and O–H groups in total. The third-order valence-corrected chi connectivity index (χ3v) is 7.01. The number of nitrogens with zero attached hydrogens (tertiary/aromatic N) is 1. The molecule has 0 aliphatic heterocycles. The maximum atomic E-state index is 4.95. The number of thiazole rings is 1. The summed E-state index contributed by atoms with van der Waals surface area (Å²) in [5, 5.41) is 1.35. The SMILES string of the molecule is Cc1nc(C2CCCCC2)sc1-c1ccccc1SNC(C)(C)C. The summed E-state index contributed by atoms with van der Waals surface area (Å²) in [6, 6.07) is 8.69. The highest BCUT2D eigenvalue weighted by Gasteiger charge is 2.22. The summed E-state index contributed by atoms with van der Waals surface area (Å²) in [5.41, 5.74) is 2.59. The van der Waals surface area contributed by atoms with Crippen LogP contribution in [0.25, 0.3) is 10.4 Å². The number of nitrogens with one attached hydrogen (secondary N) is 1. The van der Waals surface area contributed by atoms with E-state index in [0.717, 1.165) is 0 Å². The lowest BCUT2D eigenvalue weighted by atomic mass is 9.90. The van der Waals surface area contributed by atoms with E-state index in [1.807, 2.05) is 11.3 Å². The maximum Gasteiger partial charge on any atom is 0.0965 e. The first-order valence-electron chi connectivity index (χ1n) is 8.95. The number of hydrogen-bond donors (Lipinski definition) is 1. The third kappa shape index (κ3) is 4.41. The monoisotopic (exact) mass is 360 g/mol. The van der Waals surface area contributed by atoms with Crippen molar-refractivity contribution < 1.29 is 0 Å². The predicted molar refractivity (Wildman–Crippen MR) is 107 cm³/mol. The van der Waals surface area contributed by atoms with E-state index < -0.39 is 0 Å². The predicted octanol–water partition coefficient (Wildman–Crippen LogP) is 6.56. The van der Waals surface area contributed by atoms with Gasteiger partial charge >= 0.3 is 0 Å². The van der Waals surface area contributed by atoms with Gasteiger partial charge in [0.05, 0.1) is 15.6 Å². The Labute approximate surface area is 154 Å².